The van der Waals surface area contributed by atoms with Crippen LogP contribution < -0.4 is 10.3 Å². The largest absolute Gasteiger partial charge is 0.481 e. The number of ether oxygens (including phenoxy) is 1. The van der Waals surface area contributed by atoms with Crippen LogP contribution >= 0.6 is 0 Å². The maximum absolute atomic E-state index is 12.5. The molecule has 0 aliphatic carbocycles. The predicted octanol–water partition coefficient (Wildman–Crippen LogP) is 3.56. The van der Waals surface area contributed by atoms with Gasteiger partial charge in [0.1, 0.15) is 6.10 Å². The molecule has 4 aromatic rings. The highest BCUT2D eigenvalue weighted by Gasteiger charge is 2.15. The Hall–Kier alpha value is -3.95. The minimum atomic E-state index is -0.870. The summed E-state index contributed by atoms with van der Waals surface area (Å²) in [6, 6.07) is 21.3. The van der Waals surface area contributed by atoms with Gasteiger partial charge in [0.15, 0.2) is 0 Å². The first kappa shape index (κ1) is 19.4. The Balaban J connectivity index is 1.89. The van der Waals surface area contributed by atoms with E-state index in [9.17, 15) is 9.90 Å². The number of pyridine rings is 2. The van der Waals surface area contributed by atoms with Gasteiger partial charge in [-0.2, -0.15) is 5.26 Å². The number of aliphatic hydroxyl groups is 1. The lowest BCUT2D eigenvalue weighted by molar-refractivity contribution is 0.220. The minimum absolute atomic E-state index is 0.150. The van der Waals surface area contributed by atoms with Crippen LogP contribution in [0.25, 0.3) is 22.2 Å². The molecule has 6 nitrogen and oxygen atoms in total. The fourth-order valence-electron chi connectivity index (χ4n) is 3.47. The van der Waals surface area contributed by atoms with Crippen molar-refractivity contribution in [3.8, 4) is 23.2 Å². The van der Waals surface area contributed by atoms with Crippen LogP contribution in [0.3, 0.4) is 0 Å². The molecule has 0 aliphatic rings. The van der Waals surface area contributed by atoms with Gasteiger partial charge in [0, 0.05) is 30.1 Å². The molecule has 0 aliphatic heterocycles. The Kier molecular flexibility index (Phi) is 5.05. The monoisotopic (exact) mass is 397 g/mol. The number of aromatic nitrogens is 2. The molecule has 148 valence electrons. The number of aryl methyl sites for hydroxylation is 1. The third kappa shape index (κ3) is 3.43. The van der Waals surface area contributed by atoms with Crippen molar-refractivity contribution in [1.29, 1.82) is 5.26 Å². The fraction of sp³-hybridized carbons (Fsp3) is 0.125. The maximum Gasteiger partial charge on any atom is 0.251 e. The van der Waals surface area contributed by atoms with Crippen molar-refractivity contribution in [2.75, 3.05) is 7.11 Å². The quantitative estimate of drug-likeness (QED) is 0.569. The SMILES string of the molecule is COc1cccc(-c2cc(=O)n(C)c3ccc(C(O)c4ccc(C#N)cc4)cc23)n1. The Morgan fingerprint density at radius 3 is 2.50 bits per heavy atom. The highest BCUT2D eigenvalue weighted by Crippen LogP contribution is 2.31. The number of nitriles is 1. The number of fused-ring (bicyclic) bond motifs is 1. The summed E-state index contributed by atoms with van der Waals surface area (Å²) in [4.78, 5) is 17.0. The lowest BCUT2D eigenvalue weighted by atomic mass is 9.96. The van der Waals surface area contributed by atoms with Crippen LogP contribution in [0.4, 0.5) is 0 Å². The summed E-state index contributed by atoms with van der Waals surface area (Å²) in [5.41, 5.74) is 3.75. The first-order chi connectivity index (χ1) is 14.5. The molecule has 1 unspecified atom stereocenters. The predicted molar refractivity (Wildman–Crippen MR) is 114 cm³/mol. The van der Waals surface area contributed by atoms with Crippen molar-refractivity contribution < 1.29 is 9.84 Å². The van der Waals surface area contributed by atoms with Crippen LogP contribution in [-0.2, 0) is 7.05 Å². The fourth-order valence-corrected chi connectivity index (χ4v) is 3.47. The molecule has 4 rings (SSSR count). The molecule has 0 amide bonds. The molecule has 30 heavy (non-hydrogen) atoms. The van der Waals surface area contributed by atoms with Crippen molar-refractivity contribution in [2.24, 2.45) is 7.05 Å². The van der Waals surface area contributed by atoms with Gasteiger partial charge in [-0.3, -0.25) is 4.79 Å². The molecule has 2 aromatic carbocycles. The van der Waals surface area contributed by atoms with E-state index in [0.29, 0.717) is 33.8 Å². The number of rotatable bonds is 4. The lowest BCUT2D eigenvalue weighted by Gasteiger charge is -2.15. The summed E-state index contributed by atoms with van der Waals surface area (Å²) in [5, 5.41) is 20.7. The van der Waals surface area contributed by atoms with Crippen LogP contribution in [0.2, 0.25) is 0 Å². The summed E-state index contributed by atoms with van der Waals surface area (Å²) >= 11 is 0. The number of hydrogen-bond donors (Lipinski definition) is 1. The second kappa shape index (κ2) is 7.82. The second-order valence-corrected chi connectivity index (χ2v) is 6.93. The number of hydrogen-bond acceptors (Lipinski definition) is 5. The van der Waals surface area contributed by atoms with E-state index < -0.39 is 6.10 Å². The van der Waals surface area contributed by atoms with E-state index >= 15 is 0 Å². The smallest absolute Gasteiger partial charge is 0.251 e. The zero-order valence-corrected chi connectivity index (χ0v) is 16.5. The first-order valence-corrected chi connectivity index (χ1v) is 9.35. The third-order valence-electron chi connectivity index (χ3n) is 5.15. The normalized spacial score (nSPS) is 11.8. The van der Waals surface area contributed by atoms with Crippen LogP contribution in [0.15, 0.2) is 71.5 Å². The second-order valence-electron chi connectivity index (χ2n) is 6.93. The van der Waals surface area contributed by atoms with Gasteiger partial charge >= 0.3 is 0 Å². The zero-order valence-electron chi connectivity index (χ0n) is 16.5. The van der Waals surface area contributed by atoms with Gasteiger partial charge in [-0.25, -0.2) is 4.98 Å². The third-order valence-corrected chi connectivity index (χ3v) is 5.15. The summed E-state index contributed by atoms with van der Waals surface area (Å²) in [6.07, 6.45) is -0.870. The Morgan fingerprint density at radius 1 is 1.07 bits per heavy atom. The van der Waals surface area contributed by atoms with Gasteiger partial charge in [-0.1, -0.05) is 24.3 Å². The van der Waals surface area contributed by atoms with Gasteiger partial charge in [0.25, 0.3) is 5.56 Å². The van der Waals surface area contributed by atoms with Gasteiger partial charge in [0.2, 0.25) is 5.88 Å². The molecule has 1 N–H and O–H groups in total. The van der Waals surface area contributed by atoms with E-state index in [0.717, 1.165) is 10.9 Å². The Labute approximate surface area is 173 Å². The van der Waals surface area contributed by atoms with Crippen molar-refractivity contribution in [1.82, 2.24) is 9.55 Å². The Morgan fingerprint density at radius 2 is 1.80 bits per heavy atom. The zero-order chi connectivity index (χ0) is 21.3. The molecule has 6 heteroatoms. The van der Waals surface area contributed by atoms with Gasteiger partial charge in [0.05, 0.1) is 30.0 Å². The molecule has 0 saturated carbocycles. The molecule has 1 atom stereocenters. The maximum atomic E-state index is 12.5. The average Bonchev–Trinajstić information content (AvgIpc) is 2.80. The van der Waals surface area contributed by atoms with Crippen LogP contribution in [-0.4, -0.2) is 21.8 Å². The van der Waals surface area contributed by atoms with E-state index in [2.05, 4.69) is 11.1 Å². The summed E-state index contributed by atoms with van der Waals surface area (Å²) in [5.74, 6) is 0.454. The summed E-state index contributed by atoms with van der Waals surface area (Å²) in [6.45, 7) is 0. The van der Waals surface area contributed by atoms with Gasteiger partial charge in [-0.05, 0) is 41.5 Å². The Bertz CT molecular complexity index is 1330. The van der Waals surface area contributed by atoms with Gasteiger partial charge < -0.3 is 14.4 Å². The van der Waals surface area contributed by atoms with Crippen molar-refractivity contribution >= 4 is 10.9 Å². The van der Waals surface area contributed by atoms with E-state index in [1.165, 1.54) is 0 Å². The number of aliphatic hydroxyl groups excluding tert-OH is 1. The lowest BCUT2D eigenvalue weighted by Crippen LogP contribution is -2.16. The number of nitrogens with zero attached hydrogens (tertiary/aromatic N) is 3. The highest BCUT2D eigenvalue weighted by molar-refractivity contribution is 5.94. The van der Waals surface area contributed by atoms with Crippen LogP contribution in [0.5, 0.6) is 5.88 Å². The van der Waals surface area contributed by atoms with E-state index in [4.69, 9.17) is 10.00 Å². The van der Waals surface area contributed by atoms with Crippen LogP contribution in [0.1, 0.15) is 22.8 Å². The average molecular weight is 397 g/mol. The molecule has 0 radical (unpaired) electrons. The molecule has 0 fully saturated rings. The molecular formula is C24H19N3O3. The standard InChI is InChI=1S/C24H19N3O3/c1-27-21-11-10-17(24(29)16-8-6-15(14-25)7-9-16)12-19(21)18(13-23(27)28)20-4-3-5-22(26-20)30-2/h3-13,24,29H,1-2H3. The number of benzene rings is 2. The molecule has 0 bridgehead atoms. The number of methoxy groups -OCH3 is 1. The van der Waals surface area contributed by atoms with Gasteiger partial charge in [-0.15, -0.1) is 0 Å². The van der Waals surface area contributed by atoms with E-state index in [1.807, 2.05) is 24.3 Å². The van der Waals surface area contributed by atoms with Crippen molar-refractivity contribution in [3.05, 3.63) is 93.8 Å². The van der Waals surface area contributed by atoms with Crippen molar-refractivity contribution in [3.63, 3.8) is 0 Å². The summed E-state index contributed by atoms with van der Waals surface area (Å²) < 4.78 is 6.79. The summed E-state index contributed by atoms with van der Waals surface area (Å²) in [7, 11) is 3.25. The topological polar surface area (TPSA) is 88.1 Å². The molecule has 0 saturated heterocycles. The molecule has 2 heterocycles. The highest BCUT2D eigenvalue weighted by atomic mass is 16.5. The van der Waals surface area contributed by atoms with Crippen LogP contribution in [0, 0.1) is 11.3 Å². The molecular weight excluding hydrogens is 378 g/mol. The van der Waals surface area contributed by atoms with Crippen molar-refractivity contribution in [2.45, 2.75) is 6.10 Å². The minimum Gasteiger partial charge on any atom is -0.481 e. The molecule has 2 aromatic heterocycles. The molecule has 0 spiro atoms. The van der Waals surface area contributed by atoms with E-state index in [-0.39, 0.29) is 5.56 Å². The van der Waals surface area contributed by atoms with E-state index in [1.54, 1.807) is 61.2 Å². The first-order valence-electron chi connectivity index (χ1n) is 9.35.